The van der Waals surface area contributed by atoms with E-state index in [4.69, 9.17) is 27.9 Å². The number of rotatable bonds is 5. The van der Waals surface area contributed by atoms with Gasteiger partial charge in [-0.1, -0.05) is 23.2 Å². The van der Waals surface area contributed by atoms with Crippen molar-refractivity contribution in [1.29, 1.82) is 0 Å². The Morgan fingerprint density at radius 2 is 1.85 bits per heavy atom. The summed E-state index contributed by atoms with van der Waals surface area (Å²) in [5.74, 6) is 0.527. The van der Waals surface area contributed by atoms with E-state index in [0.29, 0.717) is 37.6 Å². The van der Waals surface area contributed by atoms with Crippen molar-refractivity contribution in [3.05, 3.63) is 39.9 Å². The van der Waals surface area contributed by atoms with E-state index < -0.39 is 11.4 Å². The van der Waals surface area contributed by atoms with E-state index in [-0.39, 0.29) is 33.1 Å². The van der Waals surface area contributed by atoms with Crippen LogP contribution in [0.2, 0.25) is 10.2 Å². The zero-order valence-corrected chi connectivity index (χ0v) is 21.8. The maximum atomic E-state index is 13.0. The van der Waals surface area contributed by atoms with E-state index in [2.05, 4.69) is 20.3 Å². The molecule has 2 aromatic rings. The zero-order valence-electron chi connectivity index (χ0n) is 20.3. The van der Waals surface area contributed by atoms with Gasteiger partial charge < -0.3 is 19.9 Å². The molecule has 0 atom stereocenters. The first-order chi connectivity index (χ1) is 15.9. The van der Waals surface area contributed by atoms with Crippen molar-refractivity contribution >= 4 is 46.7 Å². The van der Waals surface area contributed by atoms with E-state index in [9.17, 15) is 9.59 Å². The molecule has 0 spiro atoms. The van der Waals surface area contributed by atoms with Gasteiger partial charge in [-0.2, -0.15) is 0 Å². The molecule has 0 bridgehead atoms. The highest BCUT2D eigenvalue weighted by Crippen LogP contribution is 2.32. The van der Waals surface area contributed by atoms with Crippen LogP contribution in [0.4, 0.5) is 16.4 Å². The Kier molecular flexibility index (Phi) is 7.57. The first-order valence-electron chi connectivity index (χ1n) is 11.0. The van der Waals surface area contributed by atoms with E-state index >= 15 is 0 Å². The molecule has 9 nitrogen and oxygen atoms in total. The molecule has 1 saturated heterocycles. The number of carbonyl (C=O) groups excluding carboxylic acids is 2. The normalized spacial score (nSPS) is 15.6. The zero-order chi connectivity index (χ0) is 25.3. The van der Waals surface area contributed by atoms with E-state index in [1.165, 1.54) is 18.5 Å². The Balaban J connectivity index is 1.72. The van der Waals surface area contributed by atoms with Crippen LogP contribution >= 0.6 is 23.2 Å². The number of carbonyl (C=O) groups is 2. The number of halogens is 2. The van der Waals surface area contributed by atoms with Gasteiger partial charge in [0.05, 0.1) is 11.2 Å². The van der Waals surface area contributed by atoms with Crippen molar-refractivity contribution in [3.8, 4) is 0 Å². The van der Waals surface area contributed by atoms with Gasteiger partial charge in [0.15, 0.2) is 5.15 Å². The number of nitrogens with one attached hydrogen (secondary N) is 1. The number of ether oxygens (including phenoxy) is 1. The number of ketones is 1. The molecule has 2 aromatic heterocycles. The fourth-order valence-corrected chi connectivity index (χ4v) is 4.20. The summed E-state index contributed by atoms with van der Waals surface area (Å²) in [6.07, 6.45) is 4.10. The minimum atomic E-state index is -0.553. The van der Waals surface area contributed by atoms with Gasteiger partial charge in [0.25, 0.3) is 0 Å². The number of nitrogens with zero attached hydrogens (tertiary/aromatic N) is 5. The van der Waals surface area contributed by atoms with Gasteiger partial charge in [-0.05, 0) is 46.6 Å². The topological polar surface area (TPSA) is 101 Å². The smallest absolute Gasteiger partial charge is 0.410 e. The lowest BCUT2D eigenvalue weighted by molar-refractivity contribution is 0.00345. The van der Waals surface area contributed by atoms with Gasteiger partial charge in [0.1, 0.15) is 22.9 Å². The lowest BCUT2D eigenvalue weighted by Crippen LogP contribution is -2.55. The van der Waals surface area contributed by atoms with E-state index in [1.807, 2.05) is 32.6 Å². The van der Waals surface area contributed by atoms with Gasteiger partial charge >= 0.3 is 6.09 Å². The molecule has 1 aliphatic heterocycles. The molecule has 0 aliphatic carbocycles. The summed E-state index contributed by atoms with van der Waals surface area (Å²) in [4.78, 5) is 42.0. The second-order valence-corrected chi connectivity index (χ2v) is 10.2. The largest absolute Gasteiger partial charge is 0.444 e. The van der Waals surface area contributed by atoms with Crippen LogP contribution in [0.3, 0.4) is 0 Å². The summed E-state index contributed by atoms with van der Waals surface area (Å²) in [5.41, 5.74) is -0.645. The van der Waals surface area contributed by atoms with Crippen molar-refractivity contribution < 1.29 is 14.3 Å². The predicted octanol–water partition coefficient (Wildman–Crippen LogP) is 4.68. The molecular formula is C23H30Cl2N6O3. The van der Waals surface area contributed by atoms with Crippen molar-refractivity contribution in [2.75, 3.05) is 37.4 Å². The maximum absolute atomic E-state index is 13.0. The Morgan fingerprint density at radius 1 is 1.21 bits per heavy atom. The molecule has 3 heterocycles. The lowest BCUT2D eigenvalue weighted by Gasteiger charge is -2.45. The minimum Gasteiger partial charge on any atom is -0.444 e. The Bertz CT molecular complexity index is 1080. The van der Waals surface area contributed by atoms with Gasteiger partial charge in [-0.25, -0.2) is 19.7 Å². The van der Waals surface area contributed by atoms with Crippen LogP contribution in [0.1, 0.15) is 56.6 Å². The lowest BCUT2D eigenvalue weighted by atomic mass is 9.88. The summed E-state index contributed by atoms with van der Waals surface area (Å²) in [5, 5.41) is 3.03. The Hall–Kier alpha value is -2.65. The van der Waals surface area contributed by atoms with Gasteiger partial charge in [-0.3, -0.25) is 4.79 Å². The number of hydrogen-bond acceptors (Lipinski definition) is 8. The number of amides is 1. The number of hydrogen-bond donors (Lipinski definition) is 1. The Morgan fingerprint density at radius 3 is 2.41 bits per heavy atom. The highest BCUT2D eigenvalue weighted by Gasteiger charge is 2.38. The highest BCUT2D eigenvalue weighted by atomic mass is 35.5. The molecule has 0 saturated carbocycles. The van der Waals surface area contributed by atoms with E-state index in [1.54, 1.807) is 19.0 Å². The molecule has 184 valence electrons. The fourth-order valence-electron chi connectivity index (χ4n) is 3.69. The minimum absolute atomic E-state index is 0.000551. The van der Waals surface area contributed by atoms with Crippen LogP contribution < -0.4 is 10.2 Å². The third-order valence-electron chi connectivity index (χ3n) is 5.94. The first-order valence-corrected chi connectivity index (χ1v) is 11.7. The molecule has 1 amide bonds. The molecule has 11 heteroatoms. The summed E-state index contributed by atoms with van der Waals surface area (Å²) >= 11 is 12.7. The molecule has 3 rings (SSSR count). The summed E-state index contributed by atoms with van der Waals surface area (Å²) in [6, 6.07) is 1.52. The predicted molar refractivity (Wildman–Crippen MR) is 133 cm³/mol. The molecule has 0 unspecified atom stereocenters. The third kappa shape index (κ3) is 5.52. The Labute approximate surface area is 209 Å². The second-order valence-electron chi connectivity index (χ2n) is 9.49. The van der Waals surface area contributed by atoms with E-state index in [0.717, 1.165) is 0 Å². The molecule has 0 aromatic carbocycles. The molecule has 1 fully saturated rings. The number of piperidine rings is 1. The van der Waals surface area contributed by atoms with Crippen LogP contribution in [-0.4, -0.2) is 70.1 Å². The summed E-state index contributed by atoms with van der Waals surface area (Å²) in [6.45, 7) is 8.88. The average molecular weight is 509 g/mol. The van der Waals surface area contributed by atoms with Crippen molar-refractivity contribution in [3.63, 3.8) is 0 Å². The summed E-state index contributed by atoms with van der Waals surface area (Å²) in [7, 11) is 3.43. The van der Waals surface area contributed by atoms with Crippen LogP contribution in [0.15, 0.2) is 18.5 Å². The quantitative estimate of drug-likeness (QED) is 0.581. The first kappa shape index (κ1) is 26.0. The van der Waals surface area contributed by atoms with Crippen LogP contribution in [0.5, 0.6) is 0 Å². The standard InChI is InChI=1S/C23H30Cl2N6O3/c1-22(2,3)34-21(33)30(6)23(4)8-11-31(12-9-23)15-13-28-17(19(25)29-15)18(32)14-7-10-27-20(26-5)16(14)24/h7,10,13H,8-9,11-12H2,1-6H3,(H,26,27). The van der Waals surface area contributed by atoms with Gasteiger partial charge in [0.2, 0.25) is 5.78 Å². The monoisotopic (exact) mass is 508 g/mol. The molecular weight excluding hydrogens is 479 g/mol. The molecule has 34 heavy (non-hydrogen) atoms. The number of aromatic nitrogens is 3. The van der Waals surface area contributed by atoms with Gasteiger partial charge in [0, 0.05) is 44.5 Å². The summed E-state index contributed by atoms with van der Waals surface area (Å²) < 4.78 is 5.52. The highest BCUT2D eigenvalue weighted by molar-refractivity contribution is 6.38. The molecule has 1 N–H and O–H groups in total. The second kappa shape index (κ2) is 9.92. The SMILES string of the molecule is CNc1nccc(C(=O)c2ncc(N3CCC(C)(N(C)C(=O)OC(C)(C)C)CC3)nc2Cl)c1Cl. The number of pyridine rings is 1. The fraction of sp³-hybridized carbons (Fsp3) is 0.522. The third-order valence-corrected chi connectivity index (χ3v) is 6.59. The maximum Gasteiger partial charge on any atom is 0.410 e. The average Bonchev–Trinajstić information content (AvgIpc) is 2.77. The van der Waals surface area contributed by atoms with Crippen LogP contribution in [-0.2, 0) is 4.74 Å². The van der Waals surface area contributed by atoms with Gasteiger partial charge in [-0.15, -0.1) is 0 Å². The van der Waals surface area contributed by atoms with Crippen LogP contribution in [0, 0.1) is 0 Å². The number of anilines is 2. The molecule has 1 aliphatic rings. The van der Waals surface area contributed by atoms with Crippen molar-refractivity contribution in [1.82, 2.24) is 19.9 Å². The molecule has 0 radical (unpaired) electrons. The van der Waals surface area contributed by atoms with Crippen molar-refractivity contribution in [2.45, 2.75) is 51.7 Å². The van der Waals surface area contributed by atoms with Crippen LogP contribution in [0.25, 0.3) is 0 Å². The van der Waals surface area contributed by atoms with Crippen molar-refractivity contribution in [2.24, 2.45) is 0 Å².